The Morgan fingerprint density at radius 1 is 1.09 bits per heavy atom. The maximum Gasteiger partial charge on any atom is 0.338 e. The van der Waals surface area contributed by atoms with E-state index in [-0.39, 0.29) is 5.75 Å². The van der Waals surface area contributed by atoms with Gasteiger partial charge in [-0.3, -0.25) is 0 Å². The van der Waals surface area contributed by atoms with Crippen LogP contribution in [0.2, 0.25) is 0 Å². The Morgan fingerprint density at radius 3 is 2.35 bits per heavy atom. The fourth-order valence-electron chi connectivity index (χ4n) is 2.84. The second kappa shape index (κ2) is 5.65. The van der Waals surface area contributed by atoms with Crippen molar-refractivity contribution >= 4 is 22.4 Å². The van der Waals surface area contributed by atoms with E-state index < -0.39 is 5.97 Å². The van der Waals surface area contributed by atoms with E-state index in [1.54, 1.807) is 24.3 Å². The molecule has 0 radical (unpaired) electrons. The quantitative estimate of drug-likeness (QED) is 0.751. The smallest absolute Gasteiger partial charge is 0.338 e. The van der Waals surface area contributed by atoms with Gasteiger partial charge in [0, 0.05) is 11.1 Å². The zero-order valence-corrected chi connectivity index (χ0v) is 12.9. The third-order valence-electron chi connectivity index (χ3n) is 4.00. The number of carboxylic acid groups (broad SMARTS) is 1. The first-order valence-corrected chi connectivity index (χ1v) is 7.34. The molecule has 116 valence electrons. The van der Waals surface area contributed by atoms with E-state index >= 15 is 0 Å². The molecule has 0 atom stereocenters. The van der Waals surface area contributed by atoms with Gasteiger partial charge < -0.3 is 14.8 Å². The molecule has 0 saturated carbocycles. The van der Waals surface area contributed by atoms with E-state index in [2.05, 4.69) is 0 Å². The standard InChI is InChI=1S/C19H17NO3/c1-3-12(2)18-17(19(22)23)15-6-4-5-7-16(15)20(18)13-8-10-14(21)11-9-13/h3-11,21H,1-2H3,(H,22,23). The summed E-state index contributed by atoms with van der Waals surface area (Å²) < 4.78 is 1.92. The van der Waals surface area contributed by atoms with Crippen molar-refractivity contribution in [2.24, 2.45) is 0 Å². The highest BCUT2D eigenvalue weighted by molar-refractivity contribution is 6.08. The largest absolute Gasteiger partial charge is 0.508 e. The zero-order chi connectivity index (χ0) is 16.6. The third kappa shape index (κ3) is 2.38. The first kappa shape index (κ1) is 14.9. The zero-order valence-electron chi connectivity index (χ0n) is 12.9. The highest BCUT2D eigenvalue weighted by Crippen LogP contribution is 2.34. The van der Waals surface area contributed by atoms with Crippen LogP contribution >= 0.6 is 0 Å². The Labute approximate surface area is 133 Å². The molecule has 4 nitrogen and oxygen atoms in total. The Hall–Kier alpha value is -3.01. The second-order valence-electron chi connectivity index (χ2n) is 5.37. The third-order valence-corrected chi connectivity index (χ3v) is 4.00. The first-order chi connectivity index (χ1) is 11.0. The molecule has 4 heteroatoms. The number of hydrogen-bond acceptors (Lipinski definition) is 2. The number of aromatic carboxylic acids is 1. The fourth-order valence-corrected chi connectivity index (χ4v) is 2.84. The van der Waals surface area contributed by atoms with Crippen LogP contribution in [0.5, 0.6) is 5.75 Å². The molecular formula is C19H17NO3. The van der Waals surface area contributed by atoms with Gasteiger partial charge in [-0.25, -0.2) is 4.79 Å². The molecule has 0 aliphatic carbocycles. The maximum absolute atomic E-state index is 11.9. The minimum absolute atomic E-state index is 0.174. The van der Waals surface area contributed by atoms with Crippen LogP contribution in [0.3, 0.4) is 0 Å². The Bertz CT molecular complexity index is 918. The van der Waals surface area contributed by atoms with Crippen LogP contribution in [0.1, 0.15) is 29.9 Å². The van der Waals surface area contributed by atoms with Gasteiger partial charge in [-0.15, -0.1) is 0 Å². The molecule has 0 aliphatic heterocycles. The average Bonchev–Trinajstić information content (AvgIpc) is 2.90. The van der Waals surface area contributed by atoms with E-state index in [0.717, 1.165) is 16.8 Å². The van der Waals surface area contributed by atoms with Crippen molar-refractivity contribution in [2.45, 2.75) is 13.8 Å². The molecule has 0 bridgehead atoms. The van der Waals surface area contributed by atoms with Crippen LogP contribution in [-0.4, -0.2) is 20.7 Å². The van der Waals surface area contributed by atoms with Gasteiger partial charge in [0.2, 0.25) is 0 Å². The number of phenolic OH excluding ortho intramolecular Hbond substituents is 1. The fraction of sp³-hybridized carbons (Fsp3) is 0.105. The summed E-state index contributed by atoms with van der Waals surface area (Å²) in [5.41, 5.74) is 3.47. The van der Waals surface area contributed by atoms with Crippen molar-refractivity contribution in [3.8, 4) is 11.4 Å². The van der Waals surface area contributed by atoms with Gasteiger partial charge in [0.1, 0.15) is 5.75 Å². The molecule has 0 fully saturated rings. The predicted molar refractivity (Wildman–Crippen MR) is 91.2 cm³/mol. The topological polar surface area (TPSA) is 62.5 Å². The lowest BCUT2D eigenvalue weighted by Gasteiger charge is -2.12. The molecule has 0 spiro atoms. The number of para-hydroxylation sites is 1. The lowest BCUT2D eigenvalue weighted by atomic mass is 10.1. The molecule has 2 N–H and O–H groups in total. The van der Waals surface area contributed by atoms with E-state index in [0.29, 0.717) is 16.6 Å². The number of aromatic nitrogens is 1. The number of fused-ring (bicyclic) bond motifs is 1. The average molecular weight is 307 g/mol. The minimum Gasteiger partial charge on any atom is -0.508 e. The number of phenols is 1. The van der Waals surface area contributed by atoms with E-state index in [4.69, 9.17) is 0 Å². The van der Waals surface area contributed by atoms with Crippen molar-refractivity contribution in [3.05, 3.63) is 65.9 Å². The van der Waals surface area contributed by atoms with Crippen LogP contribution in [0, 0.1) is 0 Å². The lowest BCUT2D eigenvalue weighted by Crippen LogP contribution is -2.04. The van der Waals surface area contributed by atoms with E-state index in [1.165, 1.54) is 0 Å². The van der Waals surface area contributed by atoms with Crippen LogP contribution < -0.4 is 0 Å². The summed E-state index contributed by atoms with van der Waals surface area (Å²) in [5, 5.41) is 20.0. The first-order valence-electron chi connectivity index (χ1n) is 7.34. The van der Waals surface area contributed by atoms with Crippen LogP contribution in [-0.2, 0) is 0 Å². The summed E-state index contributed by atoms with van der Waals surface area (Å²) in [7, 11) is 0. The molecule has 3 rings (SSSR count). The number of carboxylic acids is 1. The van der Waals surface area contributed by atoms with Crippen molar-refractivity contribution < 1.29 is 15.0 Å². The number of aromatic hydroxyl groups is 1. The summed E-state index contributed by atoms with van der Waals surface area (Å²) in [4.78, 5) is 11.9. The van der Waals surface area contributed by atoms with Gasteiger partial charge in [-0.2, -0.15) is 0 Å². The van der Waals surface area contributed by atoms with Gasteiger partial charge in [0.05, 0.1) is 16.8 Å². The SMILES string of the molecule is CC=C(C)c1c(C(=O)O)c2ccccc2n1-c1ccc(O)cc1. The number of hydrogen-bond donors (Lipinski definition) is 2. The Balaban J connectivity index is 2.48. The van der Waals surface area contributed by atoms with Crippen LogP contribution in [0.25, 0.3) is 22.2 Å². The Morgan fingerprint density at radius 2 is 1.74 bits per heavy atom. The number of carbonyl (C=O) groups is 1. The molecule has 0 aliphatic rings. The number of benzene rings is 2. The summed E-state index contributed by atoms with van der Waals surface area (Å²) in [6.45, 7) is 3.79. The summed E-state index contributed by atoms with van der Waals surface area (Å²) in [6, 6.07) is 14.2. The molecule has 0 amide bonds. The minimum atomic E-state index is -0.949. The van der Waals surface area contributed by atoms with Crippen LogP contribution in [0.15, 0.2) is 54.6 Å². The number of allylic oxidation sites excluding steroid dienone is 2. The molecule has 0 saturated heterocycles. The van der Waals surface area contributed by atoms with Crippen molar-refractivity contribution in [3.63, 3.8) is 0 Å². The van der Waals surface area contributed by atoms with Crippen molar-refractivity contribution in [1.29, 1.82) is 0 Å². The molecule has 2 aromatic carbocycles. The maximum atomic E-state index is 11.9. The summed E-state index contributed by atoms with van der Waals surface area (Å²) in [6.07, 6.45) is 1.90. The van der Waals surface area contributed by atoms with Crippen LogP contribution in [0.4, 0.5) is 0 Å². The molecular weight excluding hydrogens is 290 g/mol. The Kier molecular flexibility index (Phi) is 3.66. The molecule has 3 aromatic rings. The number of rotatable bonds is 3. The van der Waals surface area contributed by atoms with Gasteiger partial charge in [0.15, 0.2) is 0 Å². The monoisotopic (exact) mass is 307 g/mol. The highest BCUT2D eigenvalue weighted by Gasteiger charge is 2.23. The van der Waals surface area contributed by atoms with Gasteiger partial charge in [-0.05, 0) is 49.8 Å². The predicted octanol–water partition coefficient (Wildman–Crippen LogP) is 4.46. The lowest BCUT2D eigenvalue weighted by molar-refractivity contribution is 0.0698. The molecule has 23 heavy (non-hydrogen) atoms. The van der Waals surface area contributed by atoms with Gasteiger partial charge in [-0.1, -0.05) is 24.3 Å². The second-order valence-corrected chi connectivity index (χ2v) is 5.37. The molecule has 1 heterocycles. The van der Waals surface area contributed by atoms with Gasteiger partial charge in [0.25, 0.3) is 0 Å². The molecule has 1 aromatic heterocycles. The normalized spacial score (nSPS) is 11.8. The van der Waals surface area contributed by atoms with E-state index in [1.807, 2.05) is 48.8 Å². The summed E-state index contributed by atoms with van der Waals surface area (Å²) >= 11 is 0. The van der Waals surface area contributed by atoms with E-state index in [9.17, 15) is 15.0 Å². The highest BCUT2D eigenvalue weighted by atomic mass is 16.4. The number of nitrogens with zero attached hydrogens (tertiary/aromatic N) is 1. The van der Waals surface area contributed by atoms with Crippen molar-refractivity contribution in [1.82, 2.24) is 4.57 Å². The molecule has 0 unspecified atom stereocenters. The summed E-state index contributed by atoms with van der Waals surface area (Å²) in [5.74, 6) is -0.775. The van der Waals surface area contributed by atoms with Gasteiger partial charge >= 0.3 is 5.97 Å². The van der Waals surface area contributed by atoms with Crippen molar-refractivity contribution in [2.75, 3.05) is 0 Å².